The van der Waals surface area contributed by atoms with E-state index in [1.165, 1.54) is 4.31 Å². The van der Waals surface area contributed by atoms with Crippen molar-refractivity contribution in [3.05, 3.63) is 17.5 Å². The van der Waals surface area contributed by atoms with Crippen molar-refractivity contribution < 1.29 is 18.0 Å². The minimum Gasteiger partial charge on any atom is -0.396 e. The fraction of sp³-hybridized carbons (Fsp3) is 0.667. The van der Waals surface area contributed by atoms with Crippen LogP contribution in [0.15, 0.2) is 10.6 Å². The van der Waals surface area contributed by atoms with Gasteiger partial charge < -0.3 is 9.63 Å². The summed E-state index contributed by atoms with van der Waals surface area (Å²) in [5.74, 6) is 0.540. The van der Waals surface area contributed by atoms with Gasteiger partial charge in [-0.3, -0.25) is 0 Å². The summed E-state index contributed by atoms with van der Waals surface area (Å²) in [6.07, 6.45) is 0. The number of sulfonamides is 1. The molecule has 0 spiro atoms. The molecule has 0 unspecified atom stereocenters. The minimum absolute atomic E-state index is 0.0368. The maximum Gasteiger partial charge on any atom is 0.219 e. The lowest BCUT2D eigenvalue weighted by atomic mass is 10.1. The van der Waals surface area contributed by atoms with E-state index in [0.717, 1.165) is 0 Å². The Balaban J connectivity index is 1.99. The zero-order valence-electron chi connectivity index (χ0n) is 8.96. The monoisotopic (exact) mass is 246 g/mol. The lowest BCUT2D eigenvalue weighted by molar-refractivity contribution is 0.117. The van der Waals surface area contributed by atoms with E-state index in [1.807, 2.05) is 0 Å². The van der Waals surface area contributed by atoms with Crippen LogP contribution >= 0.6 is 0 Å². The molecular formula is C9H14N2O4S. The molecule has 1 aromatic rings. The van der Waals surface area contributed by atoms with Gasteiger partial charge in [0.2, 0.25) is 10.0 Å². The number of aromatic nitrogens is 1. The molecular weight excluding hydrogens is 232 g/mol. The van der Waals surface area contributed by atoms with Gasteiger partial charge in [0.05, 0.1) is 0 Å². The summed E-state index contributed by atoms with van der Waals surface area (Å²) < 4.78 is 29.8. The van der Waals surface area contributed by atoms with Gasteiger partial charge in [-0.1, -0.05) is 5.16 Å². The Kier molecular flexibility index (Phi) is 3.00. The van der Waals surface area contributed by atoms with Crippen LogP contribution in [0.2, 0.25) is 0 Å². The number of aliphatic hydroxyl groups is 1. The lowest BCUT2D eigenvalue weighted by Gasteiger charge is -2.36. The molecule has 1 saturated heterocycles. The number of nitrogens with zero attached hydrogens (tertiary/aromatic N) is 2. The summed E-state index contributed by atoms with van der Waals surface area (Å²) in [5, 5.41) is 12.5. The third-order valence-electron chi connectivity index (χ3n) is 2.58. The van der Waals surface area contributed by atoms with Gasteiger partial charge in [0.15, 0.2) is 0 Å². The Morgan fingerprint density at radius 3 is 2.81 bits per heavy atom. The van der Waals surface area contributed by atoms with Crippen LogP contribution < -0.4 is 0 Å². The van der Waals surface area contributed by atoms with Crippen LogP contribution in [0.25, 0.3) is 0 Å². The predicted molar refractivity (Wildman–Crippen MR) is 56.0 cm³/mol. The summed E-state index contributed by atoms with van der Waals surface area (Å²) in [6, 6.07) is 1.61. The molecule has 0 amide bonds. The van der Waals surface area contributed by atoms with Crippen LogP contribution in [0.4, 0.5) is 0 Å². The third kappa shape index (κ3) is 2.26. The minimum atomic E-state index is -3.31. The summed E-state index contributed by atoms with van der Waals surface area (Å²) in [7, 11) is -3.31. The average Bonchev–Trinajstić information content (AvgIpc) is 2.47. The Morgan fingerprint density at radius 1 is 1.62 bits per heavy atom. The van der Waals surface area contributed by atoms with E-state index in [0.29, 0.717) is 24.5 Å². The smallest absolute Gasteiger partial charge is 0.219 e. The highest BCUT2D eigenvalue weighted by atomic mass is 32.2. The first kappa shape index (κ1) is 11.6. The van der Waals surface area contributed by atoms with E-state index < -0.39 is 10.0 Å². The van der Waals surface area contributed by atoms with Gasteiger partial charge in [-0.05, 0) is 6.92 Å². The molecule has 1 fully saturated rings. The SMILES string of the molecule is Cc1cc(CS(=O)(=O)N2CC(CO)C2)no1. The molecule has 1 aromatic heterocycles. The Bertz CT molecular complexity index is 462. The van der Waals surface area contributed by atoms with Crippen molar-refractivity contribution in [2.45, 2.75) is 12.7 Å². The van der Waals surface area contributed by atoms with Gasteiger partial charge in [0.25, 0.3) is 0 Å². The summed E-state index contributed by atoms with van der Waals surface area (Å²) in [5.41, 5.74) is 0.421. The molecule has 2 rings (SSSR count). The topological polar surface area (TPSA) is 83.6 Å². The van der Waals surface area contributed by atoms with Gasteiger partial charge in [0.1, 0.15) is 17.2 Å². The van der Waals surface area contributed by atoms with Gasteiger partial charge in [-0.25, -0.2) is 12.7 Å². The highest BCUT2D eigenvalue weighted by Crippen LogP contribution is 2.21. The number of hydrogen-bond acceptors (Lipinski definition) is 5. The van der Waals surface area contributed by atoms with E-state index in [1.54, 1.807) is 13.0 Å². The second-order valence-electron chi connectivity index (χ2n) is 4.05. The molecule has 0 bridgehead atoms. The molecule has 0 saturated carbocycles. The van der Waals surface area contributed by atoms with Crippen LogP contribution in [-0.2, 0) is 15.8 Å². The molecule has 0 radical (unpaired) electrons. The Hall–Kier alpha value is -0.920. The average molecular weight is 246 g/mol. The predicted octanol–water partition coefficient (Wildman–Crippen LogP) is -0.263. The number of aliphatic hydroxyl groups excluding tert-OH is 1. The maximum atomic E-state index is 11.8. The largest absolute Gasteiger partial charge is 0.396 e. The standard InChI is InChI=1S/C9H14N2O4S/c1-7-2-9(10-15-7)6-16(13,14)11-3-8(4-11)5-12/h2,8,12H,3-6H2,1H3. The molecule has 0 aliphatic carbocycles. The number of aryl methyl sites for hydroxylation is 1. The van der Waals surface area contributed by atoms with Crippen molar-refractivity contribution in [3.63, 3.8) is 0 Å². The van der Waals surface area contributed by atoms with Gasteiger partial charge >= 0.3 is 0 Å². The van der Waals surface area contributed by atoms with Gasteiger partial charge in [-0.2, -0.15) is 0 Å². The molecule has 0 atom stereocenters. The van der Waals surface area contributed by atoms with Crippen molar-refractivity contribution in [1.29, 1.82) is 0 Å². The van der Waals surface area contributed by atoms with E-state index in [-0.39, 0.29) is 18.3 Å². The fourth-order valence-corrected chi connectivity index (χ4v) is 3.20. The van der Waals surface area contributed by atoms with Crippen molar-refractivity contribution in [1.82, 2.24) is 9.46 Å². The van der Waals surface area contributed by atoms with E-state index >= 15 is 0 Å². The summed E-state index contributed by atoms with van der Waals surface area (Å²) in [6.45, 7) is 2.55. The molecule has 0 aromatic carbocycles. The first-order valence-corrected chi connectivity index (χ1v) is 6.63. The summed E-state index contributed by atoms with van der Waals surface area (Å²) >= 11 is 0. The van der Waals surface area contributed by atoms with E-state index in [4.69, 9.17) is 9.63 Å². The van der Waals surface area contributed by atoms with Crippen molar-refractivity contribution in [3.8, 4) is 0 Å². The van der Waals surface area contributed by atoms with Crippen molar-refractivity contribution >= 4 is 10.0 Å². The van der Waals surface area contributed by atoms with Crippen molar-refractivity contribution in [2.75, 3.05) is 19.7 Å². The molecule has 1 aliphatic rings. The number of rotatable bonds is 4. The van der Waals surface area contributed by atoms with Crippen LogP contribution in [0.3, 0.4) is 0 Å². The highest BCUT2D eigenvalue weighted by molar-refractivity contribution is 7.88. The maximum absolute atomic E-state index is 11.8. The molecule has 1 N–H and O–H groups in total. The molecule has 6 nitrogen and oxygen atoms in total. The van der Waals surface area contributed by atoms with E-state index in [9.17, 15) is 8.42 Å². The van der Waals surface area contributed by atoms with Gasteiger partial charge in [-0.15, -0.1) is 0 Å². The molecule has 16 heavy (non-hydrogen) atoms. The lowest BCUT2D eigenvalue weighted by Crippen LogP contribution is -2.51. The zero-order chi connectivity index (χ0) is 11.8. The molecule has 7 heteroatoms. The highest BCUT2D eigenvalue weighted by Gasteiger charge is 2.35. The van der Waals surface area contributed by atoms with Crippen LogP contribution in [0.5, 0.6) is 0 Å². The second-order valence-corrected chi connectivity index (χ2v) is 6.02. The van der Waals surface area contributed by atoms with Gasteiger partial charge in [0, 0.05) is 31.7 Å². The molecule has 90 valence electrons. The second kappa shape index (κ2) is 4.15. The van der Waals surface area contributed by atoms with E-state index in [2.05, 4.69) is 5.16 Å². The normalized spacial score (nSPS) is 18.6. The van der Waals surface area contributed by atoms with Crippen LogP contribution in [-0.4, -0.2) is 42.7 Å². The van der Waals surface area contributed by atoms with Crippen LogP contribution in [0, 0.1) is 12.8 Å². The summed E-state index contributed by atoms with van der Waals surface area (Å²) in [4.78, 5) is 0. The van der Waals surface area contributed by atoms with Crippen LogP contribution in [0.1, 0.15) is 11.5 Å². The Morgan fingerprint density at radius 2 is 2.31 bits per heavy atom. The first-order chi connectivity index (χ1) is 7.51. The zero-order valence-corrected chi connectivity index (χ0v) is 9.77. The molecule has 2 heterocycles. The molecule has 1 aliphatic heterocycles. The van der Waals surface area contributed by atoms with Crippen molar-refractivity contribution in [2.24, 2.45) is 5.92 Å². The Labute approximate surface area is 93.9 Å². The third-order valence-corrected chi connectivity index (χ3v) is 4.33. The quantitative estimate of drug-likeness (QED) is 0.791. The number of hydrogen-bond donors (Lipinski definition) is 1. The fourth-order valence-electron chi connectivity index (χ4n) is 1.63. The first-order valence-electron chi connectivity index (χ1n) is 5.02.